The second-order valence-electron chi connectivity index (χ2n) is 7.58. The number of rotatable bonds is 6. The average molecular weight is 422 g/mol. The maximum atomic E-state index is 12.8. The van der Waals surface area contributed by atoms with Gasteiger partial charge in [-0.25, -0.2) is 0 Å². The summed E-state index contributed by atoms with van der Waals surface area (Å²) >= 11 is 1.46. The summed E-state index contributed by atoms with van der Waals surface area (Å²) in [6.07, 6.45) is 0. The van der Waals surface area contributed by atoms with Gasteiger partial charge in [-0.15, -0.1) is 10.2 Å². The van der Waals surface area contributed by atoms with Crippen molar-refractivity contribution in [3.8, 4) is 5.69 Å². The van der Waals surface area contributed by atoms with Crippen LogP contribution in [0.4, 0.5) is 0 Å². The summed E-state index contributed by atoms with van der Waals surface area (Å²) < 4.78 is 2.03. The predicted molar refractivity (Wildman–Crippen MR) is 120 cm³/mol. The van der Waals surface area contributed by atoms with Gasteiger partial charge in [-0.05, 0) is 31.0 Å². The molecule has 30 heavy (non-hydrogen) atoms. The zero-order chi connectivity index (χ0) is 20.9. The highest BCUT2D eigenvalue weighted by atomic mass is 32.2. The third-order valence-electron chi connectivity index (χ3n) is 5.45. The van der Waals surface area contributed by atoms with Crippen LogP contribution in [0.2, 0.25) is 0 Å². The van der Waals surface area contributed by atoms with E-state index in [1.54, 1.807) is 0 Å². The molecule has 156 valence electrons. The number of thioether (sulfide) groups is 1. The third-order valence-corrected chi connectivity index (χ3v) is 6.36. The van der Waals surface area contributed by atoms with Crippen molar-refractivity contribution in [3.05, 3.63) is 71.5 Å². The van der Waals surface area contributed by atoms with Gasteiger partial charge in [0.1, 0.15) is 5.82 Å². The number of aryl methyl sites for hydroxylation is 2. The van der Waals surface area contributed by atoms with Gasteiger partial charge in [0, 0.05) is 32.7 Å². The predicted octanol–water partition coefficient (Wildman–Crippen LogP) is 3.32. The maximum Gasteiger partial charge on any atom is 0.233 e. The molecule has 3 aromatic rings. The summed E-state index contributed by atoms with van der Waals surface area (Å²) in [4.78, 5) is 17.2. The molecule has 0 bridgehead atoms. The summed E-state index contributed by atoms with van der Waals surface area (Å²) in [6.45, 7) is 8.32. The summed E-state index contributed by atoms with van der Waals surface area (Å²) in [5, 5.41) is 9.30. The topological polar surface area (TPSA) is 54.3 Å². The van der Waals surface area contributed by atoms with Gasteiger partial charge in [-0.2, -0.15) is 0 Å². The van der Waals surface area contributed by atoms with E-state index in [1.807, 2.05) is 34.6 Å². The van der Waals surface area contributed by atoms with Crippen LogP contribution >= 0.6 is 11.8 Å². The Balaban J connectivity index is 1.33. The van der Waals surface area contributed by atoms with Gasteiger partial charge in [0.25, 0.3) is 0 Å². The second-order valence-corrected chi connectivity index (χ2v) is 8.53. The summed E-state index contributed by atoms with van der Waals surface area (Å²) in [6, 6.07) is 18.7. The van der Waals surface area contributed by atoms with Crippen molar-refractivity contribution < 1.29 is 4.79 Å². The van der Waals surface area contributed by atoms with Gasteiger partial charge < -0.3 is 4.90 Å². The van der Waals surface area contributed by atoms with Gasteiger partial charge in [-0.1, -0.05) is 60.3 Å². The molecule has 1 aliphatic rings. The van der Waals surface area contributed by atoms with Crippen LogP contribution in [0.3, 0.4) is 0 Å². The van der Waals surface area contributed by atoms with Crippen LogP contribution in [0.25, 0.3) is 5.69 Å². The SMILES string of the molecule is Cc1ccccc1-n1c(C)nnc1SCC(=O)N1CCN(Cc2ccccc2)CC1. The highest BCUT2D eigenvalue weighted by Crippen LogP contribution is 2.24. The first-order chi connectivity index (χ1) is 14.6. The molecule has 7 heteroatoms. The molecular formula is C23H27N5OS. The van der Waals surface area contributed by atoms with Crippen LogP contribution in [-0.2, 0) is 11.3 Å². The zero-order valence-electron chi connectivity index (χ0n) is 17.5. The molecule has 4 rings (SSSR count). The number of piperazine rings is 1. The lowest BCUT2D eigenvalue weighted by Gasteiger charge is -2.34. The van der Waals surface area contributed by atoms with Crippen molar-refractivity contribution in [3.63, 3.8) is 0 Å². The van der Waals surface area contributed by atoms with Gasteiger partial charge >= 0.3 is 0 Å². The van der Waals surface area contributed by atoms with E-state index in [2.05, 4.69) is 58.4 Å². The van der Waals surface area contributed by atoms with Crippen LogP contribution < -0.4 is 0 Å². The number of aromatic nitrogens is 3. The van der Waals surface area contributed by atoms with E-state index in [0.29, 0.717) is 5.75 Å². The Labute approximate surface area is 181 Å². The molecule has 0 unspecified atom stereocenters. The monoisotopic (exact) mass is 421 g/mol. The van der Waals surface area contributed by atoms with Gasteiger partial charge in [-0.3, -0.25) is 14.3 Å². The molecule has 0 spiro atoms. The van der Waals surface area contributed by atoms with Gasteiger partial charge in [0.05, 0.1) is 11.4 Å². The van der Waals surface area contributed by atoms with E-state index in [4.69, 9.17) is 0 Å². The molecule has 1 aromatic heterocycles. The fraction of sp³-hybridized carbons (Fsp3) is 0.348. The lowest BCUT2D eigenvalue weighted by atomic mass is 10.2. The van der Waals surface area contributed by atoms with E-state index in [9.17, 15) is 4.79 Å². The number of carbonyl (C=O) groups excluding carboxylic acids is 1. The number of carbonyl (C=O) groups is 1. The maximum absolute atomic E-state index is 12.8. The third kappa shape index (κ3) is 4.74. The molecule has 0 atom stereocenters. The average Bonchev–Trinajstić information content (AvgIpc) is 3.14. The minimum absolute atomic E-state index is 0.163. The zero-order valence-corrected chi connectivity index (χ0v) is 18.3. The Kier molecular flexibility index (Phi) is 6.50. The van der Waals surface area contributed by atoms with Crippen LogP contribution in [0.15, 0.2) is 59.8 Å². The van der Waals surface area contributed by atoms with Crippen LogP contribution in [0.5, 0.6) is 0 Å². The first-order valence-corrected chi connectivity index (χ1v) is 11.3. The van der Waals surface area contributed by atoms with Crippen molar-refractivity contribution in [2.75, 3.05) is 31.9 Å². The molecule has 0 radical (unpaired) electrons. The summed E-state index contributed by atoms with van der Waals surface area (Å²) in [7, 11) is 0. The van der Waals surface area contributed by atoms with Gasteiger partial charge in [0.15, 0.2) is 5.16 Å². The number of hydrogen-bond donors (Lipinski definition) is 0. The molecule has 2 aromatic carbocycles. The van der Waals surface area contributed by atoms with Crippen molar-refractivity contribution in [1.82, 2.24) is 24.6 Å². The van der Waals surface area contributed by atoms with Crippen molar-refractivity contribution >= 4 is 17.7 Å². The first-order valence-electron chi connectivity index (χ1n) is 10.3. The van der Waals surface area contributed by atoms with E-state index in [-0.39, 0.29) is 5.91 Å². The number of nitrogens with zero attached hydrogens (tertiary/aromatic N) is 5. The number of benzene rings is 2. The number of hydrogen-bond acceptors (Lipinski definition) is 5. The summed E-state index contributed by atoms with van der Waals surface area (Å²) in [5.74, 6) is 1.37. The first kappa shape index (κ1) is 20.6. The number of amides is 1. The Morgan fingerprint density at radius 3 is 2.37 bits per heavy atom. The molecule has 0 aliphatic carbocycles. The fourth-order valence-electron chi connectivity index (χ4n) is 3.74. The summed E-state index contributed by atoms with van der Waals surface area (Å²) in [5.41, 5.74) is 3.53. The standard InChI is InChI=1S/C23H27N5OS/c1-18-8-6-7-11-21(18)28-19(2)24-25-23(28)30-17-22(29)27-14-12-26(13-15-27)16-20-9-4-3-5-10-20/h3-11H,12-17H2,1-2H3. The van der Waals surface area contributed by atoms with Gasteiger partial charge in [0.2, 0.25) is 5.91 Å². The Morgan fingerprint density at radius 1 is 0.933 bits per heavy atom. The number of para-hydroxylation sites is 1. The van der Waals surface area contributed by atoms with Crippen LogP contribution in [0.1, 0.15) is 17.0 Å². The fourth-order valence-corrected chi connectivity index (χ4v) is 4.64. The normalized spacial score (nSPS) is 14.8. The smallest absolute Gasteiger partial charge is 0.233 e. The molecule has 2 heterocycles. The van der Waals surface area contributed by atoms with E-state index >= 15 is 0 Å². The molecule has 1 amide bonds. The highest BCUT2D eigenvalue weighted by Gasteiger charge is 2.22. The molecule has 1 saturated heterocycles. The van der Waals surface area contributed by atoms with Crippen molar-refractivity contribution in [1.29, 1.82) is 0 Å². The molecule has 0 saturated carbocycles. The largest absolute Gasteiger partial charge is 0.339 e. The minimum atomic E-state index is 0.163. The van der Waals surface area contributed by atoms with Crippen molar-refractivity contribution in [2.24, 2.45) is 0 Å². The highest BCUT2D eigenvalue weighted by molar-refractivity contribution is 7.99. The Bertz CT molecular complexity index is 996. The van der Waals surface area contributed by atoms with E-state index in [0.717, 1.165) is 55.0 Å². The minimum Gasteiger partial charge on any atom is -0.339 e. The van der Waals surface area contributed by atoms with E-state index in [1.165, 1.54) is 17.3 Å². The molecule has 1 aliphatic heterocycles. The molecule has 6 nitrogen and oxygen atoms in total. The quantitative estimate of drug-likeness (QED) is 0.572. The Hall–Kier alpha value is -2.64. The van der Waals surface area contributed by atoms with Crippen molar-refractivity contribution in [2.45, 2.75) is 25.5 Å². The lowest BCUT2D eigenvalue weighted by molar-refractivity contribution is -0.130. The second kappa shape index (κ2) is 9.45. The lowest BCUT2D eigenvalue weighted by Crippen LogP contribution is -2.48. The van der Waals surface area contributed by atoms with Crippen LogP contribution in [-0.4, -0.2) is 62.4 Å². The molecule has 1 fully saturated rings. The molecular weight excluding hydrogens is 394 g/mol. The van der Waals surface area contributed by atoms with Crippen LogP contribution in [0, 0.1) is 13.8 Å². The Morgan fingerprint density at radius 2 is 1.63 bits per heavy atom. The molecule has 0 N–H and O–H groups in total. The van der Waals surface area contributed by atoms with E-state index < -0.39 is 0 Å².